The van der Waals surface area contributed by atoms with Gasteiger partial charge < -0.3 is 15.4 Å². The molecule has 3 heterocycles. The van der Waals surface area contributed by atoms with Crippen LogP contribution in [0.2, 0.25) is 0 Å². The summed E-state index contributed by atoms with van der Waals surface area (Å²) in [6.07, 6.45) is 1.05. The number of anilines is 2. The maximum atomic E-state index is 5.69. The van der Waals surface area contributed by atoms with E-state index in [-0.39, 0.29) is 5.95 Å². The summed E-state index contributed by atoms with van der Waals surface area (Å²) in [7, 11) is 1.58. The van der Waals surface area contributed by atoms with E-state index < -0.39 is 0 Å². The highest BCUT2D eigenvalue weighted by molar-refractivity contribution is 7.10. The van der Waals surface area contributed by atoms with Crippen molar-refractivity contribution in [2.24, 2.45) is 0 Å². The fourth-order valence-electron chi connectivity index (χ4n) is 2.14. The number of nitrogens with two attached hydrogens (primary N) is 1. The van der Waals surface area contributed by atoms with Gasteiger partial charge in [-0.25, -0.2) is 0 Å². The van der Waals surface area contributed by atoms with Crippen molar-refractivity contribution < 1.29 is 4.74 Å². The Balaban J connectivity index is 1.90. The van der Waals surface area contributed by atoms with Crippen LogP contribution in [-0.2, 0) is 13.0 Å². The average molecular weight is 262 g/mol. The van der Waals surface area contributed by atoms with E-state index in [1.807, 2.05) is 17.4 Å². The van der Waals surface area contributed by atoms with E-state index in [0.717, 1.165) is 25.3 Å². The lowest BCUT2D eigenvalue weighted by atomic mass is 10.1. The van der Waals surface area contributed by atoms with E-state index in [0.29, 0.717) is 5.88 Å². The number of hydrogen-bond acceptors (Lipinski definition) is 6. The number of methoxy groups -OCH3 is 1. The van der Waals surface area contributed by atoms with Crippen molar-refractivity contribution in [3.05, 3.63) is 28.0 Å². The van der Waals surface area contributed by atoms with Gasteiger partial charge in [-0.05, 0) is 23.4 Å². The van der Waals surface area contributed by atoms with E-state index in [1.165, 1.54) is 10.4 Å². The van der Waals surface area contributed by atoms with Crippen molar-refractivity contribution in [1.29, 1.82) is 0 Å². The van der Waals surface area contributed by atoms with Gasteiger partial charge in [-0.2, -0.15) is 9.97 Å². The van der Waals surface area contributed by atoms with Crippen molar-refractivity contribution in [3.63, 3.8) is 0 Å². The van der Waals surface area contributed by atoms with Crippen molar-refractivity contribution in [3.8, 4) is 5.88 Å². The second-order valence-electron chi connectivity index (χ2n) is 4.17. The zero-order chi connectivity index (χ0) is 12.5. The molecular weight excluding hydrogens is 248 g/mol. The summed E-state index contributed by atoms with van der Waals surface area (Å²) >= 11 is 1.82. The largest absolute Gasteiger partial charge is 0.481 e. The van der Waals surface area contributed by atoms with Gasteiger partial charge in [-0.1, -0.05) is 0 Å². The Hall–Kier alpha value is -1.82. The van der Waals surface area contributed by atoms with Crippen LogP contribution in [-0.4, -0.2) is 23.6 Å². The van der Waals surface area contributed by atoms with E-state index in [2.05, 4.69) is 26.3 Å². The van der Waals surface area contributed by atoms with Gasteiger partial charge >= 0.3 is 0 Å². The predicted molar refractivity (Wildman–Crippen MR) is 72.1 cm³/mol. The molecule has 0 aliphatic carbocycles. The lowest BCUT2D eigenvalue weighted by molar-refractivity contribution is 0.397. The van der Waals surface area contributed by atoms with Crippen LogP contribution in [0.15, 0.2) is 17.5 Å². The molecule has 2 N–H and O–H groups in total. The van der Waals surface area contributed by atoms with Gasteiger partial charge in [0.05, 0.1) is 7.11 Å². The molecule has 0 saturated carbocycles. The smallest absolute Gasteiger partial charge is 0.225 e. The minimum Gasteiger partial charge on any atom is -0.481 e. The third-order valence-electron chi connectivity index (χ3n) is 3.05. The molecule has 2 aromatic rings. The molecule has 3 rings (SSSR count). The Morgan fingerprint density at radius 2 is 2.33 bits per heavy atom. The van der Waals surface area contributed by atoms with Crippen LogP contribution in [0, 0.1) is 0 Å². The SMILES string of the molecule is COc1cc(N2CCc3sccc3C2)nc(N)n1. The lowest BCUT2D eigenvalue weighted by Gasteiger charge is -2.28. The van der Waals surface area contributed by atoms with Crippen molar-refractivity contribution in [2.75, 3.05) is 24.3 Å². The molecule has 18 heavy (non-hydrogen) atoms. The molecule has 1 aliphatic rings. The second-order valence-corrected chi connectivity index (χ2v) is 5.17. The Labute approximate surface area is 109 Å². The maximum Gasteiger partial charge on any atom is 0.225 e. The Kier molecular flexibility index (Phi) is 2.79. The molecule has 0 unspecified atom stereocenters. The molecule has 0 amide bonds. The van der Waals surface area contributed by atoms with Crippen LogP contribution in [0.3, 0.4) is 0 Å². The third-order valence-corrected chi connectivity index (χ3v) is 4.07. The molecule has 0 saturated heterocycles. The van der Waals surface area contributed by atoms with E-state index in [4.69, 9.17) is 10.5 Å². The molecule has 1 aliphatic heterocycles. The highest BCUT2D eigenvalue weighted by Gasteiger charge is 2.19. The van der Waals surface area contributed by atoms with Crippen LogP contribution >= 0.6 is 11.3 Å². The summed E-state index contributed by atoms with van der Waals surface area (Å²) in [6, 6.07) is 4.00. The van der Waals surface area contributed by atoms with E-state index in [9.17, 15) is 0 Å². The second kappa shape index (κ2) is 4.45. The van der Waals surface area contributed by atoms with Crippen LogP contribution in [0.4, 0.5) is 11.8 Å². The molecule has 0 atom stereocenters. The number of fused-ring (bicyclic) bond motifs is 1. The molecular formula is C12H14N4OS. The molecule has 0 bridgehead atoms. The number of aromatic nitrogens is 2. The summed E-state index contributed by atoms with van der Waals surface area (Å²) in [5.41, 5.74) is 7.07. The maximum absolute atomic E-state index is 5.69. The van der Waals surface area contributed by atoms with Gasteiger partial charge in [0.1, 0.15) is 5.82 Å². The Morgan fingerprint density at radius 3 is 3.17 bits per heavy atom. The van der Waals surface area contributed by atoms with Crippen molar-refractivity contribution in [2.45, 2.75) is 13.0 Å². The van der Waals surface area contributed by atoms with Crippen molar-refractivity contribution in [1.82, 2.24) is 9.97 Å². The topological polar surface area (TPSA) is 64.3 Å². The lowest BCUT2D eigenvalue weighted by Crippen LogP contribution is -2.30. The zero-order valence-corrected chi connectivity index (χ0v) is 10.9. The number of ether oxygens (including phenoxy) is 1. The monoisotopic (exact) mass is 262 g/mol. The first kappa shape index (κ1) is 11.3. The minimum atomic E-state index is 0.250. The highest BCUT2D eigenvalue weighted by Crippen LogP contribution is 2.28. The molecule has 0 radical (unpaired) electrons. The minimum absolute atomic E-state index is 0.250. The third kappa shape index (κ3) is 1.99. The Bertz CT molecular complexity index is 569. The van der Waals surface area contributed by atoms with Crippen molar-refractivity contribution >= 4 is 23.1 Å². The highest BCUT2D eigenvalue weighted by atomic mass is 32.1. The Morgan fingerprint density at radius 1 is 1.44 bits per heavy atom. The van der Waals surface area contributed by atoms with Gasteiger partial charge in [0.2, 0.25) is 11.8 Å². The summed E-state index contributed by atoms with van der Waals surface area (Å²) in [6.45, 7) is 1.82. The molecule has 5 nitrogen and oxygen atoms in total. The summed E-state index contributed by atoms with van der Waals surface area (Å²) in [4.78, 5) is 12.0. The van der Waals surface area contributed by atoms with Crippen LogP contribution in [0.25, 0.3) is 0 Å². The van der Waals surface area contributed by atoms with Crippen LogP contribution in [0.5, 0.6) is 5.88 Å². The van der Waals surface area contributed by atoms with Gasteiger partial charge in [0.25, 0.3) is 0 Å². The standard InChI is InChI=1S/C12H14N4OS/c1-17-11-6-10(14-12(13)15-11)16-4-2-9-8(7-16)3-5-18-9/h3,5-6H,2,4,7H2,1H3,(H2,13,14,15). The first-order valence-electron chi connectivity index (χ1n) is 5.75. The molecule has 0 fully saturated rings. The zero-order valence-electron chi connectivity index (χ0n) is 10.1. The van der Waals surface area contributed by atoms with Crippen LogP contribution < -0.4 is 15.4 Å². The first-order valence-corrected chi connectivity index (χ1v) is 6.63. The number of thiophene rings is 1. The van der Waals surface area contributed by atoms with Crippen LogP contribution in [0.1, 0.15) is 10.4 Å². The fourth-order valence-corrected chi connectivity index (χ4v) is 3.03. The molecule has 2 aromatic heterocycles. The summed E-state index contributed by atoms with van der Waals surface area (Å²) in [5, 5.41) is 2.14. The number of nitrogen functional groups attached to an aromatic ring is 1. The summed E-state index contributed by atoms with van der Waals surface area (Å²) in [5.74, 6) is 1.59. The number of rotatable bonds is 2. The van der Waals surface area contributed by atoms with Gasteiger partial charge in [-0.15, -0.1) is 11.3 Å². The van der Waals surface area contributed by atoms with E-state index >= 15 is 0 Å². The number of nitrogens with zero attached hydrogens (tertiary/aromatic N) is 3. The summed E-state index contributed by atoms with van der Waals surface area (Å²) < 4.78 is 5.13. The number of hydrogen-bond donors (Lipinski definition) is 1. The first-order chi connectivity index (χ1) is 8.76. The molecule has 94 valence electrons. The molecule has 6 heteroatoms. The normalized spacial score (nSPS) is 14.4. The fraction of sp³-hybridized carbons (Fsp3) is 0.333. The average Bonchev–Trinajstić information content (AvgIpc) is 2.85. The predicted octanol–water partition coefficient (Wildman–Crippen LogP) is 1.69. The molecule has 0 aromatic carbocycles. The quantitative estimate of drug-likeness (QED) is 0.892. The van der Waals surface area contributed by atoms with Gasteiger partial charge in [0, 0.05) is 24.0 Å². The van der Waals surface area contributed by atoms with Gasteiger partial charge in [-0.3, -0.25) is 0 Å². The molecule has 0 spiro atoms. The van der Waals surface area contributed by atoms with E-state index in [1.54, 1.807) is 7.11 Å². The van der Waals surface area contributed by atoms with Gasteiger partial charge in [0.15, 0.2) is 0 Å².